The van der Waals surface area contributed by atoms with Crippen molar-refractivity contribution < 1.29 is 4.74 Å². The molecule has 0 N–H and O–H groups in total. The minimum absolute atomic E-state index is 0.0551. The fourth-order valence-electron chi connectivity index (χ4n) is 2.06. The molecule has 3 nitrogen and oxygen atoms in total. The quantitative estimate of drug-likeness (QED) is 0.780. The van der Waals surface area contributed by atoms with E-state index in [0.717, 1.165) is 24.4 Å². The van der Waals surface area contributed by atoms with Gasteiger partial charge in [0.05, 0.1) is 24.8 Å². The highest BCUT2D eigenvalue weighted by atomic mass is 16.5. The van der Waals surface area contributed by atoms with Crippen molar-refractivity contribution >= 4 is 5.69 Å². The van der Waals surface area contributed by atoms with E-state index >= 15 is 0 Å². The third-order valence-corrected chi connectivity index (χ3v) is 3.45. The summed E-state index contributed by atoms with van der Waals surface area (Å²) >= 11 is 0. The second-order valence-corrected chi connectivity index (χ2v) is 5.20. The Morgan fingerprint density at radius 2 is 2.05 bits per heavy atom. The zero-order chi connectivity index (χ0) is 14.4. The van der Waals surface area contributed by atoms with Crippen LogP contribution in [0.15, 0.2) is 18.2 Å². The van der Waals surface area contributed by atoms with E-state index in [-0.39, 0.29) is 5.92 Å². The van der Waals surface area contributed by atoms with Gasteiger partial charge in [-0.1, -0.05) is 26.8 Å². The van der Waals surface area contributed by atoms with E-state index in [1.807, 2.05) is 14.0 Å². The van der Waals surface area contributed by atoms with Crippen molar-refractivity contribution in [1.82, 2.24) is 0 Å². The Labute approximate surface area is 116 Å². The van der Waals surface area contributed by atoms with E-state index in [4.69, 9.17) is 10.00 Å². The number of nitriles is 1. The van der Waals surface area contributed by atoms with Crippen LogP contribution in [0.4, 0.5) is 5.69 Å². The molecule has 1 aromatic carbocycles. The Bertz CT molecular complexity index is 449. The molecule has 0 radical (unpaired) electrons. The Kier molecular flexibility index (Phi) is 5.69. The lowest BCUT2D eigenvalue weighted by Crippen LogP contribution is -2.24. The van der Waals surface area contributed by atoms with Gasteiger partial charge in [-0.05, 0) is 30.0 Å². The summed E-state index contributed by atoms with van der Waals surface area (Å²) in [6.07, 6.45) is 0.868. The molecular formula is C16H24N2O. The van der Waals surface area contributed by atoms with Crippen LogP contribution < -0.4 is 9.64 Å². The Hall–Kier alpha value is -1.69. The molecule has 0 aliphatic carbocycles. The third kappa shape index (κ3) is 3.89. The zero-order valence-corrected chi connectivity index (χ0v) is 12.6. The smallest absolute Gasteiger partial charge is 0.142 e. The third-order valence-electron chi connectivity index (χ3n) is 3.45. The fraction of sp³-hybridized carbons (Fsp3) is 0.562. The SMILES string of the molecule is CCC(C#N)CN(C)c1ccc(C(C)C)cc1OC. The molecular weight excluding hydrogens is 236 g/mol. The van der Waals surface area contributed by atoms with Gasteiger partial charge in [-0.2, -0.15) is 5.26 Å². The first-order valence-electron chi connectivity index (χ1n) is 6.82. The van der Waals surface area contributed by atoms with Gasteiger partial charge in [0.1, 0.15) is 5.75 Å². The molecule has 0 aliphatic rings. The molecule has 19 heavy (non-hydrogen) atoms. The van der Waals surface area contributed by atoms with Gasteiger partial charge in [0.25, 0.3) is 0 Å². The summed E-state index contributed by atoms with van der Waals surface area (Å²) in [6, 6.07) is 8.64. The number of hydrogen-bond acceptors (Lipinski definition) is 3. The Balaban J connectivity index is 2.97. The van der Waals surface area contributed by atoms with Crippen molar-refractivity contribution in [3.05, 3.63) is 23.8 Å². The molecule has 0 bridgehead atoms. The van der Waals surface area contributed by atoms with Crippen molar-refractivity contribution in [2.45, 2.75) is 33.1 Å². The van der Waals surface area contributed by atoms with E-state index in [0.29, 0.717) is 5.92 Å². The van der Waals surface area contributed by atoms with Gasteiger partial charge >= 0.3 is 0 Å². The van der Waals surface area contributed by atoms with Crippen molar-refractivity contribution in [3.8, 4) is 11.8 Å². The van der Waals surface area contributed by atoms with Crippen molar-refractivity contribution in [2.24, 2.45) is 5.92 Å². The van der Waals surface area contributed by atoms with Crippen molar-refractivity contribution in [1.29, 1.82) is 5.26 Å². The second kappa shape index (κ2) is 7.04. The van der Waals surface area contributed by atoms with E-state index < -0.39 is 0 Å². The molecule has 0 aromatic heterocycles. The predicted octanol–water partition coefficient (Wildman–Crippen LogP) is 3.80. The lowest BCUT2D eigenvalue weighted by molar-refractivity contribution is 0.413. The van der Waals surface area contributed by atoms with E-state index in [2.05, 4.69) is 43.0 Å². The number of anilines is 1. The first kappa shape index (κ1) is 15.4. The molecule has 1 atom stereocenters. The van der Waals surface area contributed by atoms with Gasteiger partial charge in [0.15, 0.2) is 0 Å². The summed E-state index contributed by atoms with van der Waals surface area (Å²) in [5, 5.41) is 9.06. The molecule has 3 heteroatoms. The van der Waals surface area contributed by atoms with Gasteiger partial charge in [-0.15, -0.1) is 0 Å². The largest absolute Gasteiger partial charge is 0.495 e. The average Bonchev–Trinajstić information content (AvgIpc) is 2.43. The van der Waals surface area contributed by atoms with Crippen LogP contribution in [0.3, 0.4) is 0 Å². The highest BCUT2D eigenvalue weighted by molar-refractivity contribution is 5.59. The van der Waals surface area contributed by atoms with E-state index in [9.17, 15) is 0 Å². The topological polar surface area (TPSA) is 36.3 Å². The molecule has 1 rings (SSSR count). The number of ether oxygens (including phenoxy) is 1. The van der Waals surface area contributed by atoms with Crippen LogP contribution in [0.1, 0.15) is 38.7 Å². The van der Waals surface area contributed by atoms with Gasteiger partial charge in [0, 0.05) is 13.6 Å². The number of nitrogens with zero attached hydrogens (tertiary/aromatic N) is 2. The van der Waals surface area contributed by atoms with Crippen LogP contribution in [0.2, 0.25) is 0 Å². The molecule has 0 saturated heterocycles. The standard InChI is InChI=1S/C16H24N2O/c1-6-13(10-17)11-18(4)15-8-7-14(12(2)3)9-16(15)19-5/h7-9,12-13H,6,11H2,1-5H3. The summed E-state index contributed by atoms with van der Waals surface area (Å²) in [5.74, 6) is 1.41. The predicted molar refractivity (Wildman–Crippen MR) is 79.7 cm³/mol. The van der Waals surface area contributed by atoms with Crippen LogP contribution >= 0.6 is 0 Å². The maximum absolute atomic E-state index is 9.06. The van der Waals surface area contributed by atoms with Crippen LogP contribution in [0.5, 0.6) is 5.75 Å². The highest BCUT2D eigenvalue weighted by Gasteiger charge is 2.14. The summed E-state index contributed by atoms with van der Waals surface area (Å²) < 4.78 is 5.48. The average molecular weight is 260 g/mol. The van der Waals surface area contributed by atoms with Crippen LogP contribution in [0, 0.1) is 17.2 Å². The van der Waals surface area contributed by atoms with E-state index in [1.165, 1.54) is 5.56 Å². The number of hydrogen-bond donors (Lipinski definition) is 0. The van der Waals surface area contributed by atoms with E-state index in [1.54, 1.807) is 7.11 Å². The molecule has 0 heterocycles. The molecule has 1 unspecified atom stereocenters. The summed E-state index contributed by atoms with van der Waals surface area (Å²) in [5.41, 5.74) is 2.31. The maximum atomic E-state index is 9.06. The van der Waals surface area contributed by atoms with Gasteiger partial charge in [-0.3, -0.25) is 0 Å². The van der Waals surface area contributed by atoms with Gasteiger partial charge < -0.3 is 9.64 Å². The molecule has 0 aliphatic heterocycles. The summed E-state index contributed by atoms with van der Waals surface area (Å²) in [7, 11) is 3.70. The first-order valence-corrected chi connectivity index (χ1v) is 6.82. The van der Waals surface area contributed by atoms with Gasteiger partial charge in [-0.25, -0.2) is 0 Å². The van der Waals surface area contributed by atoms with Crippen LogP contribution in [-0.2, 0) is 0 Å². The number of rotatable bonds is 6. The lowest BCUT2D eigenvalue weighted by atomic mass is 10.0. The van der Waals surface area contributed by atoms with Crippen molar-refractivity contribution in [2.75, 3.05) is 25.6 Å². The summed E-state index contributed by atoms with van der Waals surface area (Å²) in [6.45, 7) is 7.10. The first-order chi connectivity index (χ1) is 9.03. The van der Waals surface area contributed by atoms with Crippen LogP contribution in [0.25, 0.3) is 0 Å². The number of benzene rings is 1. The molecule has 1 aromatic rings. The molecule has 104 valence electrons. The lowest BCUT2D eigenvalue weighted by Gasteiger charge is -2.24. The summed E-state index contributed by atoms with van der Waals surface area (Å²) in [4.78, 5) is 2.10. The normalized spacial score (nSPS) is 12.1. The molecule has 0 spiro atoms. The zero-order valence-electron chi connectivity index (χ0n) is 12.6. The maximum Gasteiger partial charge on any atom is 0.142 e. The monoisotopic (exact) mass is 260 g/mol. The molecule has 0 fully saturated rings. The minimum Gasteiger partial charge on any atom is -0.495 e. The second-order valence-electron chi connectivity index (χ2n) is 5.20. The Morgan fingerprint density at radius 1 is 1.37 bits per heavy atom. The van der Waals surface area contributed by atoms with Crippen molar-refractivity contribution in [3.63, 3.8) is 0 Å². The molecule has 0 saturated carbocycles. The number of methoxy groups -OCH3 is 1. The highest BCUT2D eigenvalue weighted by Crippen LogP contribution is 2.31. The van der Waals surface area contributed by atoms with Gasteiger partial charge in [0.2, 0.25) is 0 Å². The molecule has 0 amide bonds. The Morgan fingerprint density at radius 3 is 2.53 bits per heavy atom. The minimum atomic E-state index is 0.0551. The van der Waals surface area contributed by atoms with Crippen LogP contribution in [-0.4, -0.2) is 20.7 Å². The fourth-order valence-corrected chi connectivity index (χ4v) is 2.06.